The van der Waals surface area contributed by atoms with Crippen LogP contribution in [0.1, 0.15) is 24.8 Å². The average molecular weight is 313 g/mol. The van der Waals surface area contributed by atoms with Gasteiger partial charge in [0.2, 0.25) is 11.8 Å². The Hall–Kier alpha value is -2.39. The van der Waals surface area contributed by atoms with Crippen molar-refractivity contribution in [1.29, 1.82) is 5.26 Å². The second-order valence-electron chi connectivity index (χ2n) is 6.01. The molecule has 0 spiro atoms. The number of hydrogen-bond acceptors (Lipinski definition) is 4. The first-order valence-corrected chi connectivity index (χ1v) is 7.87. The van der Waals surface area contributed by atoms with Crippen LogP contribution >= 0.6 is 0 Å². The Kier molecular flexibility index (Phi) is 4.58. The molecular formula is C17H19N3O3. The highest BCUT2D eigenvalue weighted by Crippen LogP contribution is 2.39. The third kappa shape index (κ3) is 3.88. The summed E-state index contributed by atoms with van der Waals surface area (Å²) in [5.74, 6) is -0.787. The fraction of sp³-hybridized carbons (Fsp3) is 0.471. The van der Waals surface area contributed by atoms with Crippen LogP contribution in [-0.4, -0.2) is 31.1 Å². The SMILES string of the molecule is N#Cc1cccc(NC(=O)C2CC2C(=O)NCC2CCCO2)c1. The van der Waals surface area contributed by atoms with Gasteiger partial charge in [-0.05, 0) is 37.5 Å². The summed E-state index contributed by atoms with van der Waals surface area (Å²) in [5, 5.41) is 14.5. The quantitative estimate of drug-likeness (QED) is 0.860. The van der Waals surface area contributed by atoms with Crippen molar-refractivity contribution in [3.05, 3.63) is 29.8 Å². The molecule has 3 unspecified atom stereocenters. The van der Waals surface area contributed by atoms with E-state index in [1.807, 2.05) is 6.07 Å². The Labute approximate surface area is 134 Å². The van der Waals surface area contributed by atoms with Gasteiger partial charge in [-0.2, -0.15) is 5.26 Å². The molecule has 2 amide bonds. The second kappa shape index (κ2) is 6.80. The van der Waals surface area contributed by atoms with E-state index in [0.29, 0.717) is 24.2 Å². The summed E-state index contributed by atoms with van der Waals surface area (Å²) < 4.78 is 5.46. The highest BCUT2D eigenvalue weighted by Gasteiger charge is 2.48. The molecule has 0 radical (unpaired) electrons. The summed E-state index contributed by atoms with van der Waals surface area (Å²) in [6.07, 6.45) is 2.70. The molecule has 0 aromatic heterocycles. The summed E-state index contributed by atoms with van der Waals surface area (Å²) in [6.45, 7) is 1.28. The zero-order valence-electron chi connectivity index (χ0n) is 12.7. The summed E-state index contributed by atoms with van der Waals surface area (Å²) in [5.41, 5.74) is 1.07. The van der Waals surface area contributed by atoms with E-state index in [0.717, 1.165) is 19.4 Å². The van der Waals surface area contributed by atoms with Gasteiger partial charge in [0.15, 0.2) is 0 Å². The fourth-order valence-electron chi connectivity index (χ4n) is 2.83. The van der Waals surface area contributed by atoms with Crippen LogP contribution in [0.15, 0.2) is 24.3 Å². The highest BCUT2D eigenvalue weighted by atomic mass is 16.5. The van der Waals surface area contributed by atoms with Crippen molar-refractivity contribution in [3.8, 4) is 6.07 Å². The molecule has 3 atom stereocenters. The lowest BCUT2D eigenvalue weighted by Gasteiger charge is -2.10. The van der Waals surface area contributed by atoms with Crippen LogP contribution in [0.5, 0.6) is 0 Å². The molecule has 1 heterocycles. The largest absolute Gasteiger partial charge is 0.376 e. The van der Waals surface area contributed by atoms with Crippen molar-refractivity contribution in [2.45, 2.75) is 25.4 Å². The van der Waals surface area contributed by atoms with Gasteiger partial charge in [0.1, 0.15) is 0 Å². The Morgan fingerprint density at radius 3 is 2.87 bits per heavy atom. The number of carbonyl (C=O) groups is 2. The van der Waals surface area contributed by atoms with Gasteiger partial charge in [0, 0.05) is 18.8 Å². The number of nitrogens with one attached hydrogen (secondary N) is 2. The second-order valence-corrected chi connectivity index (χ2v) is 6.01. The van der Waals surface area contributed by atoms with Gasteiger partial charge in [0.25, 0.3) is 0 Å². The van der Waals surface area contributed by atoms with Gasteiger partial charge in [-0.15, -0.1) is 0 Å². The molecule has 3 rings (SSSR count). The minimum absolute atomic E-state index is 0.0774. The highest BCUT2D eigenvalue weighted by molar-refractivity contribution is 5.99. The molecule has 6 nitrogen and oxygen atoms in total. The third-order valence-electron chi connectivity index (χ3n) is 4.25. The van der Waals surface area contributed by atoms with Crippen molar-refractivity contribution in [1.82, 2.24) is 5.32 Å². The summed E-state index contributed by atoms with van der Waals surface area (Å²) in [6, 6.07) is 8.77. The lowest BCUT2D eigenvalue weighted by molar-refractivity contribution is -0.125. The monoisotopic (exact) mass is 313 g/mol. The minimum Gasteiger partial charge on any atom is -0.376 e. The molecule has 1 saturated carbocycles. The van der Waals surface area contributed by atoms with Gasteiger partial charge < -0.3 is 15.4 Å². The molecular weight excluding hydrogens is 294 g/mol. The van der Waals surface area contributed by atoms with Crippen LogP contribution < -0.4 is 10.6 Å². The van der Waals surface area contributed by atoms with Crippen LogP contribution in [0.4, 0.5) is 5.69 Å². The van der Waals surface area contributed by atoms with Gasteiger partial charge >= 0.3 is 0 Å². The standard InChI is InChI=1S/C17H19N3O3/c18-9-11-3-1-4-12(7-11)20-17(22)15-8-14(15)16(21)19-10-13-5-2-6-23-13/h1,3-4,7,13-15H,2,5-6,8,10H2,(H,19,21)(H,20,22). The normalized spacial score (nSPS) is 25.4. The molecule has 0 bridgehead atoms. The topological polar surface area (TPSA) is 91.2 Å². The number of ether oxygens (including phenoxy) is 1. The van der Waals surface area contributed by atoms with Gasteiger partial charge in [-0.1, -0.05) is 6.07 Å². The summed E-state index contributed by atoms with van der Waals surface area (Å²) in [4.78, 5) is 24.2. The number of nitrogens with zero attached hydrogens (tertiary/aromatic N) is 1. The van der Waals surface area contributed by atoms with E-state index in [1.54, 1.807) is 24.3 Å². The maximum atomic E-state index is 12.2. The number of benzene rings is 1. The molecule has 1 aromatic rings. The number of anilines is 1. The van der Waals surface area contributed by atoms with Crippen molar-refractivity contribution < 1.29 is 14.3 Å². The van der Waals surface area contributed by atoms with E-state index < -0.39 is 0 Å². The Balaban J connectivity index is 1.46. The average Bonchev–Trinajstić information content (AvgIpc) is 3.21. The van der Waals surface area contributed by atoms with Gasteiger partial charge in [0.05, 0.1) is 29.6 Å². The number of rotatable bonds is 5. The van der Waals surface area contributed by atoms with E-state index >= 15 is 0 Å². The predicted octanol–water partition coefficient (Wildman–Crippen LogP) is 1.43. The molecule has 2 N–H and O–H groups in total. The number of nitriles is 1. The molecule has 6 heteroatoms. The van der Waals surface area contributed by atoms with Crippen LogP contribution in [0.2, 0.25) is 0 Å². The summed E-state index contributed by atoms with van der Waals surface area (Å²) >= 11 is 0. The van der Waals surface area contributed by atoms with Gasteiger partial charge in [-0.25, -0.2) is 0 Å². The first-order chi connectivity index (χ1) is 11.2. The Morgan fingerprint density at radius 2 is 2.13 bits per heavy atom. The molecule has 2 fully saturated rings. The maximum Gasteiger partial charge on any atom is 0.228 e. The van der Waals surface area contributed by atoms with Crippen LogP contribution in [0.3, 0.4) is 0 Å². The van der Waals surface area contributed by atoms with E-state index in [-0.39, 0.29) is 29.8 Å². The van der Waals surface area contributed by atoms with E-state index in [4.69, 9.17) is 10.00 Å². The third-order valence-corrected chi connectivity index (χ3v) is 4.25. The smallest absolute Gasteiger partial charge is 0.228 e. The maximum absolute atomic E-state index is 12.2. The van der Waals surface area contributed by atoms with Crippen molar-refractivity contribution in [2.24, 2.45) is 11.8 Å². The molecule has 1 saturated heterocycles. The number of hydrogen-bond donors (Lipinski definition) is 2. The lowest BCUT2D eigenvalue weighted by Crippen LogP contribution is -2.33. The van der Waals surface area contributed by atoms with Crippen LogP contribution in [-0.2, 0) is 14.3 Å². The zero-order valence-corrected chi connectivity index (χ0v) is 12.7. The Bertz CT molecular complexity index is 647. The molecule has 1 aromatic carbocycles. The number of amides is 2. The van der Waals surface area contributed by atoms with E-state index in [2.05, 4.69) is 10.6 Å². The minimum atomic E-state index is -0.287. The fourth-order valence-corrected chi connectivity index (χ4v) is 2.83. The Morgan fingerprint density at radius 1 is 1.30 bits per heavy atom. The van der Waals surface area contributed by atoms with E-state index in [9.17, 15) is 9.59 Å². The molecule has 120 valence electrons. The number of carbonyl (C=O) groups excluding carboxylic acids is 2. The zero-order chi connectivity index (χ0) is 16.2. The van der Waals surface area contributed by atoms with E-state index in [1.165, 1.54) is 0 Å². The lowest BCUT2D eigenvalue weighted by atomic mass is 10.2. The van der Waals surface area contributed by atoms with Crippen molar-refractivity contribution in [3.63, 3.8) is 0 Å². The molecule has 23 heavy (non-hydrogen) atoms. The molecule has 1 aliphatic heterocycles. The van der Waals surface area contributed by atoms with Crippen molar-refractivity contribution >= 4 is 17.5 Å². The predicted molar refractivity (Wildman–Crippen MR) is 83.4 cm³/mol. The first-order valence-electron chi connectivity index (χ1n) is 7.87. The summed E-state index contributed by atoms with van der Waals surface area (Å²) in [7, 11) is 0. The first kappa shape index (κ1) is 15.5. The van der Waals surface area contributed by atoms with Crippen molar-refractivity contribution in [2.75, 3.05) is 18.5 Å². The van der Waals surface area contributed by atoms with Crippen LogP contribution in [0.25, 0.3) is 0 Å². The molecule has 2 aliphatic rings. The van der Waals surface area contributed by atoms with Crippen LogP contribution in [0, 0.1) is 23.2 Å². The van der Waals surface area contributed by atoms with Gasteiger partial charge in [-0.3, -0.25) is 9.59 Å². The molecule has 1 aliphatic carbocycles.